The third-order valence-corrected chi connectivity index (χ3v) is 4.94. The van der Waals surface area contributed by atoms with Crippen molar-refractivity contribution in [3.8, 4) is 0 Å². The number of hydrogen-bond donors (Lipinski definition) is 4. The minimum absolute atomic E-state index is 0.226. The summed E-state index contributed by atoms with van der Waals surface area (Å²) in [5.74, 6) is 1.45. The lowest BCUT2D eigenvalue weighted by atomic mass is 10.1. The molecule has 0 aromatic carbocycles. The van der Waals surface area contributed by atoms with Crippen LogP contribution in [0, 0.1) is 0 Å². The summed E-state index contributed by atoms with van der Waals surface area (Å²) in [6.45, 7) is 7.77. The van der Waals surface area contributed by atoms with Crippen LogP contribution >= 0.6 is 0 Å². The van der Waals surface area contributed by atoms with E-state index in [4.69, 9.17) is 4.74 Å². The van der Waals surface area contributed by atoms with Gasteiger partial charge in [-0.1, -0.05) is 13.5 Å². The van der Waals surface area contributed by atoms with Crippen molar-refractivity contribution in [2.75, 3.05) is 42.3 Å². The number of carbonyl (C=O) groups is 2. The van der Waals surface area contributed by atoms with Crippen molar-refractivity contribution >= 4 is 35.3 Å². The molecule has 1 aliphatic heterocycles. The maximum atomic E-state index is 11.7. The van der Waals surface area contributed by atoms with Crippen molar-refractivity contribution in [3.05, 3.63) is 42.4 Å². The molecule has 0 saturated carbocycles. The first-order chi connectivity index (χ1) is 15.6. The molecule has 3 rings (SSSR count). The molecule has 0 radical (unpaired) electrons. The Labute approximate surface area is 187 Å². The van der Waals surface area contributed by atoms with E-state index in [-0.39, 0.29) is 17.6 Å². The van der Waals surface area contributed by atoms with Crippen molar-refractivity contribution in [3.63, 3.8) is 0 Å². The van der Waals surface area contributed by atoms with Crippen molar-refractivity contribution < 1.29 is 14.3 Å². The van der Waals surface area contributed by atoms with Gasteiger partial charge in [0.2, 0.25) is 5.91 Å². The lowest BCUT2D eigenvalue weighted by Gasteiger charge is -2.25. The zero-order valence-corrected chi connectivity index (χ0v) is 18.2. The van der Waals surface area contributed by atoms with E-state index in [2.05, 4.69) is 42.8 Å². The molecule has 10 nitrogen and oxygen atoms in total. The van der Waals surface area contributed by atoms with Gasteiger partial charge in [-0.3, -0.25) is 9.59 Å². The normalized spacial score (nSPS) is 13.8. The first kappa shape index (κ1) is 23.1. The summed E-state index contributed by atoms with van der Waals surface area (Å²) in [4.78, 5) is 36.3. The Kier molecular flexibility index (Phi) is 8.50. The fourth-order valence-corrected chi connectivity index (χ4v) is 3.25. The molecule has 0 bridgehead atoms. The van der Waals surface area contributed by atoms with Gasteiger partial charge >= 0.3 is 0 Å². The van der Waals surface area contributed by atoms with Crippen LogP contribution in [0.5, 0.6) is 0 Å². The van der Waals surface area contributed by atoms with Gasteiger partial charge in [0.25, 0.3) is 0 Å². The third-order valence-electron chi connectivity index (χ3n) is 4.94. The molecule has 1 aliphatic rings. The SMILES string of the molecule is C=CC(=O)NCCNc1cc(Nc2nc(NC3CCOCC3)c(CC)nc2C=O)ccn1. The second-order valence-corrected chi connectivity index (χ2v) is 7.23. The van der Waals surface area contributed by atoms with Gasteiger partial charge in [0.1, 0.15) is 17.3 Å². The van der Waals surface area contributed by atoms with Gasteiger partial charge in [0.15, 0.2) is 12.1 Å². The van der Waals surface area contributed by atoms with Crippen LogP contribution in [0.25, 0.3) is 0 Å². The summed E-state index contributed by atoms with van der Waals surface area (Å²) in [5.41, 5.74) is 1.71. The minimum atomic E-state index is -0.226. The summed E-state index contributed by atoms with van der Waals surface area (Å²) in [6, 6.07) is 3.84. The Morgan fingerprint density at radius 1 is 1.25 bits per heavy atom. The Hall–Kier alpha value is -3.53. The standard InChI is InChI=1S/C22H29N7O3/c1-3-17-21(26-15-6-11-32-12-7-15)29-22(18(14-30)28-17)27-16-5-8-23-19(13-16)24-9-10-25-20(31)4-2/h4-5,8,13-15H,2-3,6-7,9-12H2,1H3,(H,25,31)(H3,23,24,26,27,29). The van der Waals surface area contributed by atoms with Gasteiger partial charge in [-0.05, 0) is 31.4 Å². The number of rotatable bonds is 11. The Bertz CT molecular complexity index is 945. The first-order valence-electron chi connectivity index (χ1n) is 10.7. The van der Waals surface area contributed by atoms with Gasteiger partial charge in [0.05, 0.1) is 5.69 Å². The number of nitrogens with one attached hydrogen (secondary N) is 4. The quantitative estimate of drug-likeness (QED) is 0.237. The van der Waals surface area contributed by atoms with E-state index in [1.54, 1.807) is 18.3 Å². The van der Waals surface area contributed by atoms with Crippen LogP contribution < -0.4 is 21.3 Å². The number of aromatic nitrogens is 3. The summed E-state index contributed by atoms with van der Waals surface area (Å²) < 4.78 is 5.43. The number of amides is 1. The van der Waals surface area contributed by atoms with E-state index >= 15 is 0 Å². The van der Waals surface area contributed by atoms with Crippen molar-refractivity contribution in [2.45, 2.75) is 32.2 Å². The summed E-state index contributed by atoms with van der Waals surface area (Å²) >= 11 is 0. The fraction of sp³-hybridized carbons (Fsp3) is 0.409. The van der Waals surface area contributed by atoms with Crippen molar-refractivity contribution in [2.24, 2.45) is 0 Å². The van der Waals surface area contributed by atoms with Crippen LogP contribution in [-0.2, 0) is 16.0 Å². The molecule has 32 heavy (non-hydrogen) atoms. The minimum Gasteiger partial charge on any atom is -0.381 e. The molecular formula is C22H29N7O3. The highest BCUT2D eigenvalue weighted by Gasteiger charge is 2.18. The molecule has 1 fully saturated rings. The number of aldehydes is 1. The predicted molar refractivity (Wildman–Crippen MR) is 123 cm³/mol. The number of anilines is 4. The number of nitrogens with zero attached hydrogens (tertiary/aromatic N) is 3. The van der Waals surface area contributed by atoms with Crippen LogP contribution in [0.3, 0.4) is 0 Å². The molecule has 0 aliphatic carbocycles. The van der Waals surface area contributed by atoms with Crippen LogP contribution in [0.4, 0.5) is 23.1 Å². The molecule has 10 heteroatoms. The van der Waals surface area contributed by atoms with E-state index < -0.39 is 0 Å². The van der Waals surface area contributed by atoms with Gasteiger partial charge in [-0.15, -0.1) is 0 Å². The van der Waals surface area contributed by atoms with Gasteiger partial charge in [-0.2, -0.15) is 0 Å². The van der Waals surface area contributed by atoms with Gasteiger partial charge in [-0.25, -0.2) is 15.0 Å². The van der Waals surface area contributed by atoms with Gasteiger partial charge in [0, 0.05) is 50.3 Å². The average Bonchev–Trinajstić information content (AvgIpc) is 2.83. The lowest BCUT2D eigenvalue weighted by Crippen LogP contribution is -2.29. The first-order valence-corrected chi connectivity index (χ1v) is 10.7. The molecule has 1 saturated heterocycles. The van der Waals surface area contributed by atoms with Gasteiger partial charge < -0.3 is 26.0 Å². The number of aryl methyl sites for hydroxylation is 1. The van der Waals surface area contributed by atoms with Crippen LogP contribution in [0.15, 0.2) is 31.0 Å². The maximum absolute atomic E-state index is 11.7. The Balaban J connectivity index is 1.72. The summed E-state index contributed by atoms with van der Waals surface area (Å²) in [5, 5.41) is 12.5. The summed E-state index contributed by atoms with van der Waals surface area (Å²) in [6.07, 6.45) is 6.03. The molecule has 2 aromatic rings. The van der Waals surface area contributed by atoms with Crippen LogP contribution in [0.2, 0.25) is 0 Å². The lowest BCUT2D eigenvalue weighted by molar-refractivity contribution is -0.116. The van der Waals surface area contributed by atoms with Crippen LogP contribution in [-0.4, -0.2) is 59.5 Å². The molecule has 170 valence electrons. The zero-order chi connectivity index (χ0) is 22.8. The topological polar surface area (TPSA) is 130 Å². The Morgan fingerprint density at radius 2 is 2.06 bits per heavy atom. The second kappa shape index (κ2) is 11.8. The molecule has 1 amide bonds. The van der Waals surface area contributed by atoms with E-state index in [9.17, 15) is 9.59 Å². The Morgan fingerprint density at radius 3 is 2.78 bits per heavy atom. The number of ether oxygens (including phenoxy) is 1. The molecule has 0 atom stereocenters. The third kappa shape index (κ3) is 6.48. The monoisotopic (exact) mass is 439 g/mol. The molecule has 4 N–H and O–H groups in total. The smallest absolute Gasteiger partial charge is 0.243 e. The largest absolute Gasteiger partial charge is 0.381 e. The van der Waals surface area contributed by atoms with Crippen molar-refractivity contribution in [1.29, 1.82) is 0 Å². The maximum Gasteiger partial charge on any atom is 0.243 e. The predicted octanol–water partition coefficient (Wildman–Crippen LogP) is 2.30. The van der Waals surface area contributed by atoms with E-state index in [0.29, 0.717) is 62.2 Å². The van der Waals surface area contributed by atoms with Crippen molar-refractivity contribution in [1.82, 2.24) is 20.3 Å². The van der Waals surface area contributed by atoms with E-state index in [1.165, 1.54) is 6.08 Å². The van der Waals surface area contributed by atoms with Crippen LogP contribution in [0.1, 0.15) is 35.9 Å². The second-order valence-electron chi connectivity index (χ2n) is 7.23. The fourth-order valence-electron chi connectivity index (χ4n) is 3.25. The molecule has 3 heterocycles. The molecular weight excluding hydrogens is 410 g/mol. The highest BCUT2D eigenvalue weighted by Crippen LogP contribution is 2.24. The number of pyridine rings is 1. The van der Waals surface area contributed by atoms with E-state index in [0.717, 1.165) is 18.5 Å². The summed E-state index contributed by atoms with van der Waals surface area (Å²) in [7, 11) is 0. The number of carbonyl (C=O) groups excluding carboxylic acids is 2. The molecule has 0 unspecified atom stereocenters. The highest BCUT2D eigenvalue weighted by molar-refractivity contribution is 5.86. The molecule has 0 spiro atoms. The molecule has 2 aromatic heterocycles. The number of hydrogen-bond acceptors (Lipinski definition) is 9. The van der Waals surface area contributed by atoms with E-state index in [1.807, 2.05) is 6.92 Å². The average molecular weight is 440 g/mol. The zero-order valence-electron chi connectivity index (χ0n) is 18.2. The highest BCUT2D eigenvalue weighted by atomic mass is 16.5.